The number of benzene rings is 1. The SMILES string of the molecule is Cc1ccc(NC(=O)CSc2nnc(C)o2)c(C)c1. The molecule has 0 fully saturated rings. The number of aromatic nitrogens is 2. The number of carbonyl (C=O) groups excluding carboxylic acids is 1. The molecule has 2 aromatic rings. The highest BCUT2D eigenvalue weighted by molar-refractivity contribution is 7.99. The molecule has 6 heteroatoms. The molecule has 0 aliphatic heterocycles. The Kier molecular flexibility index (Phi) is 4.21. The summed E-state index contributed by atoms with van der Waals surface area (Å²) in [6.07, 6.45) is 0. The van der Waals surface area contributed by atoms with E-state index in [0.717, 1.165) is 11.3 Å². The molecule has 1 heterocycles. The molecule has 0 unspecified atom stereocenters. The van der Waals surface area contributed by atoms with Crippen LogP contribution in [0.1, 0.15) is 17.0 Å². The molecule has 1 aromatic carbocycles. The first-order valence-electron chi connectivity index (χ1n) is 5.84. The fraction of sp³-hybridized carbons (Fsp3) is 0.308. The molecule has 0 aliphatic rings. The van der Waals surface area contributed by atoms with Crippen molar-refractivity contribution in [2.45, 2.75) is 26.0 Å². The standard InChI is InChI=1S/C13H15N3O2S/c1-8-4-5-11(9(2)6-8)14-12(17)7-19-13-16-15-10(3)18-13/h4-6H,7H2,1-3H3,(H,14,17). The average molecular weight is 277 g/mol. The average Bonchev–Trinajstić information content (AvgIpc) is 2.76. The molecule has 0 spiro atoms. The number of rotatable bonds is 4. The van der Waals surface area contributed by atoms with Crippen LogP contribution < -0.4 is 5.32 Å². The van der Waals surface area contributed by atoms with Gasteiger partial charge in [-0.1, -0.05) is 29.5 Å². The minimum absolute atomic E-state index is 0.0900. The van der Waals surface area contributed by atoms with Crippen LogP contribution in [0.4, 0.5) is 5.69 Å². The van der Waals surface area contributed by atoms with E-state index in [1.807, 2.05) is 32.0 Å². The Morgan fingerprint density at radius 3 is 2.74 bits per heavy atom. The van der Waals surface area contributed by atoms with Crippen molar-refractivity contribution in [2.75, 3.05) is 11.1 Å². The summed E-state index contributed by atoms with van der Waals surface area (Å²) in [5, 5.41) is 10.8. The molecule has 0 saturated heterocycles. The van der Waals surface area contributed by atoms with Crippen molar-refractivity contribution in [3.05, 3.63) is 35.2 Å². The van der Waals surface area contributed by atoms with Crippen LogP contribution in [-0.2, 0) is 4.79 Å². The zero-order valence-electron chi connectivity index (χ0n) is 11.1. The van der Waals surface area contributed by atoms with E-state index >= 15 is 0 Å². The van der Waals surface area contributed by atoms with Crippen molar-refractivity contribution in [3.8, 4) is 0 Å². The monoisotopic (exact) mass is 277 g/mol. The van der Waals surface area contributed by atoms with E-state index in [9.17, 15) is 4.79 Å². The third-order valence-corrected chi connectivity index (χ3v) is 3.31. The number of nitrogens with zero attached hydrogens (tertiary/aromatic N) is 2. The van der Waals surface area contributed by atoms with Gasteiger partial charge in [0.2, 0.25) is 11.8 Å². The number of aryl methyl sites for hydroxylation is 3. The van der Waals surface area contributed by atoms with Crippen molar-refractivity contribution < 1.29 is 9.21 Å². The molecule has 1 aromatic heterocycles. The van der Waals surface area contributed by atoms with Gasteiger partial charge in [-0.05, 0) is 25.5 Å². The van der Waals surface area contributed by atoms with E-state index in [1.165, 1.54) is 17.3 Å². The van der Waals surface area contributed by atoms with E-state index in [2.05, 4.69) is 15.5 Å². The minimum atomic E-state index is -0.0900. The lowest BCUT2D eigenvalue weighted by Gasteiger charge is -2.08. The normalized spacial score (nSPS) is 10.5. The summed E-state index contributed by atoms with van der Waals surface area (Å²) in [5.74, 6) is 0.652. The third kappa shape index (κ3) is 3.82. The third-order valence-electron chi connectivity index (χ3n) is 2.49. The van der Waals surface area contributed by atoms with Crippen LogP contribution in [0, 0.1) is 20.8 Å². The Morgan fingerprint density at radius 2 is 2.11 bits per heavy atom. The first kappa shape index (κ1) is 13.6. The molecule has 1 amide bonds. The molecule has 1 N–H and O–H groups in total. The summed E-state index contributed by atoms with van der Waals surface area (Å²) in [5.41, 5.74) is 3.05. The first-order valence-corrected chi connectivity index (χ1v) is 6.83. The predicted octanol–water partition coefficient (Wildman–Crippen LogP) is 2.73. The number of thioether (sulfide) groups is 1. The Balaban J connectivity index is 1.90. The van der Waals surface area contributed by atoms with Gasteiger partial charge in [-0.3, -0.25) is 4.79 Å². The number of amides is 1. The van der Waals surface area contributed by atoms with Crippen LogP contribution in [-0.4, -0.2) is 21.9 Å². The van der Waals surface area contributed by atoms with Gasteiger partial charge in [-0.25, -0.2) is 0 Å². The molecule has 0 saturated carbocycles. The number of nitrogens with one attached hydrogen (secondary N) is 1. The Hall–Kier alpha value is -1.82. The summed E-state index contributed by atoms with van der Waals surface area (Å²) in [7, 11) is 0. The van der Waals surface area contributed by atoms with Crippen LogP contribution in [0.25, 0.3) is 0 Å². The van der Waals surface area contributed by atoms with E-state index in [4.69, 9.17) is 4.42 Å². The molecule has 5 nitrogen and oxygen atoms in total. The minimum Gasteiger partial charge on any atom is -0.416 e. The van der Waals surface area contributed by atoms with Gasteiger partial charge in [0, 0.05) is 12.6 Å². The fourth-order valence-corrected chi connectivity index (χ4v) is 2.21. The highest BCUT2D eigenvalue weighted by Gasteiger charge is 2.09. The van der Waals surface area contributed by atoms with Gasteiger partial charge in [-0.15, -0.1) is 10.2 Å². The number of carbonyl (C=O) groups is 1. The molecule has 2 rings (SSSR count). The molecule has 0 atom stereocenters. The summed E-state index contributed by atoms with van der Waals surface area (Å²) < 4.78 is 5.18. The van der Waals surface area contributed by atoms with Gasteiger partial charge in [0.05, 0.1) is 5.75 Å². The van der Waals surface area contributed by atoms with Crippen LogP contribution >= 0.6 is 11.8 Å². The van der Waals surface area contributed by atoms with Crippen molar-refractivity contribution in [2.24, 2.45) is 0 Å². The predicted molar refractivity (Wildman–Crippen MR) is 74.3 cm³/mol. The molecule has 0 aliphatic carbocycles. The Labute approximate surface area is 115 Å². The van der Waals surface area contributed by atoms with Crippen LogP contribution in [0.3, 0.4) is 0 Å². The zero-order chi connectivity index (χ0) is 13.8. The van der Waals surface area contributed by atoms with E-state index in [-0.39, 0.29) is 11.7 Å². The second-order valence-electron chi connectivity index (χ2n) is 4.24. The molecule has 19 heavy (non-hydrogen) atoms. The zero-order valence-corrected chi connectivity index (χ0v) is 11.9. The first-order chi connectivity index (χ1) is 9.04. The van der Waals surface area contributed by atoms with Crippen molar-refractivity contribution in [1.29, 1.82) is 0 Å². The molecule has 0 bridgehead atoms. The topological polar surface area (TPSA) is 68.0 Å². The summed E-state index contributed by atoms with van der Waals surface area (Å²) in [6.45, 7) is 5.70. The van der Waals surface area contributed by atoms with Gasteiger partial charge < -0.3 is 9.73 Å². The lowest BCUT2D eigenvalue weighted by molar-refractivity contribution is -0.113. The molecule has 0 radical (unpaired) electrons. The second-order valence-corrected chi connectivity index (χ2v) is 5.17. The molecular weight excluding hydrogens is 262 g/mol. The van der Waals surface area contributed by atoms with E-state index in [0.29, 0.717) is 11.1 Å². The summed E-state index contributed by atoms with van der Waals surface area (Å²) in [6, 6.07) is 5.91. The van der Waals surface area contributed by atoms with E-state index < -0.39 is 0 Å². The molecular formula is C13H15N3O2S. The van der Waals surface area contributed by atoms with Crippen molar-refractivity contribution in [3.63, 3.8) is 0 Å². The maximum atomic E-state index is 11.8. The summed E-state index contributed by atoms with van der Waals surface area (Å²) >= 11 is 1.23. The number of anilines is 1. The van der Waals surface area contributed by atoms with Gasteiger partial charge in [0.15, 0.2) is 0 Å². The highest BCUT2D eigenvalue weighted by atomic mass is 32.2. The largest absolute Gasteiger partial charge is 0.416 e. The van der Waals surface area contributed by atoms with Gasteiger partial charge >= 0.3 is 0 Å². The van der Waals surface area contributed by atoms with Gasteiger partial charge in [0.25, 0.3) is 5.22 Å². The lowest BCUT2D eigenvalue weighted by Crippen LogP contribution is -2.14. The van der Waals surface area contributed by atoms with E-state index in [1.54, 1.807) is 6.92 Å². The van der Waals surface area contributed by atoms with Gasteiger partial charge in [0.1, 0.15) is 0 Å². The van der Waals surface area contributed by atoms with Crippen LogP contribution in [0.5, 0.6) is 0 Å². The quantitative estimate of drug-likeness (QED) is 0.870. The Bertz CT molecular complexity index is 595. The highest BCUT2D eigenvalue weighted by Crippen LogP contribution is 2.18. The Morgan fingerprint density at radius 1 is 1.32 bits per heavy atom. The second kappa shape index (κ2) is 5.88. The number of hydrogen-bond donors (Lipinski definition) is 1. The maximum absolute atomic E-state index is 11.8. The number of hydrogen-bond acceptors (Lipinski definition) is 5. The van der Waals surface area contributed by atoms with Gasteiger partial charge in [-0.2, -0.15) is 0 Å². The maximum Gasteiger partial charge on any atom is 0.277 e. The van der Waals surface area contributed by atoms with Crippen molar-refractivity contribution in [1.82, 2.24) is 10.2 Å². The van der Waals surface area contributed by atoms with Crippen LogP contribution in [0.2, 0.25) is 0 Å². The summed E-state index contributed by atoms with van der Waals surface area (Å²) in [4.78, 5) is 11.8. The van der Waals surface area contributed by atoms with Crippen molar-refractivity contribution >= 4 is 23.4 Å². The lowest BCUT2D eigenvalue weighted by atomic mass is 10.1. The van der Waals surface area contributed by atoms with Crippen LogP contribution in [0.15, 0.2) is 27.8 Å². The smallest absolute Gasteiger partial charge is 0.277 e. The fourth-order valence-electron chi connectivity index (χ4n) is 1.60. The molecule has 100 valence electrons.